The molecule has 152 valence electrons. The number of aromatic nitrogens is 2. The normalized spacial score (nSPS) is 16.5. The number of para-hydroxylation sites is 1. The van der Waals surface area contributed by atoms with E-state index in [1.807, 2.05) is 44.2 Å². The van der Waals surface area contributed by atoms with E-state index in [2.05, 4.69) is 31.3 Å². The highest BCUT2D eigenvalue weighted by atomic mass is 32.1. The summed E-state index contributed by atoms with van der Waals surface area (Å²) < 4.78 is 1.65. The third-order valence-corrected chi connectivity index (χ3v) is 6.85. The molecule has 0 radical (unpaired) electrons. The van der Waals surface area contributed by atoms with Gasteiger partial charge in [0, 0.05) is 10.6 Å². The predicted molar refractivity (Wildman–Crippen MR) is 123 cm³/mol. The van der Waals surface area contributed by atoms with Gasteiger partial charge in [-0.15, -0.1) is 11.3 Å². The number of benzene rings is 1. The summed E-state index contributed by atoms with van der Waals surface area (Å²) in [5, 5.41) is 5.09. The summed E-state index contributed by atoms with van der Waals surface area (Å²) in [5.74, 6) is 1.09. The van der Waals surface area contributed by atoms with Crippen LogP contribution in [0.1, 0.15) is 51.5 Å². The van der Waals surface area contributed by atoms with Gasteiger partial charge in [0.15, 0.2) is 0 Å². The summed E-state index contributed by atoms with van der Waals surface area (Å²) in [6, 6.07) is 9.66. The van der Waals surface area contributed by atoms with Crippen molar-refractivity contribution in [1.82, 2.24) is 9.55 Å². The lowest BCUT2D eigenvalue weighted by molar-refractivity contribution is 0.218. The molecule has 0 saturated carbocycles. The van der Waals surface area contributed by atoms with Crippen LogP contribution < -0.4 is 11.0 Å². The molecule has 29 heavy (non-hydrogen) atoms. The van der Waals surface area contributed by atoms with Crippen molar-refractivity contribution >= 4 is 33.2 Å². The van der Waals surface area contributed by atoms with Gasteiger partial charge >= 0.3 is 0 Å². The molecule has 5 nitrogen and oxygen atoms in total. The van der Waals surface area contributed by atoms with E-state index in [4.69, 9.17) is 4.98 Å². The topological polar surface area (TPSA) is 59.3 Å². The van der Waals surface area contributed by atoms with Crippen LogP contribution in [0.5, 0.6) is 0 Å². The van der Waals surface area contributed by atoms with E-state index in [1.165, 1.54) is 10.4 Å². The number of anilines is 1. The average Bonchev–Trinajstić information content (AvgIpc) is 3.04. The smallest absolute Gasteiger partial charge is 0.268 e. The Labute approximate surface area is 175 Å². The number of nitrogens with zero attached hydrogens (tertiary/aromatic N) is 3. The van der Waals surface area contributed by atoms with Crippen molar-refractivity contribution in [3.8, 4) is 5.69 Å². The van der Waals surface area contributed by atoms with Crippen LogP contribution >= 0.6 is 11.3 Å². The molecule has 1 aliphatic carbocycles. The SMILES string of the molecule is CC(C)=NNc1nc2sc3c(c2c(=O)n1-c1ccccc1)CC[C@H](C(C)(C)C)C3. The second-order valence-corrected chi connectivity index (χ2v) is 10.2. The maximum Gasteiger partial charge on any atom is 0.268 e. The monoisotopic (exact) mass is 408 g/mol. The Kier molecular flexibility index (Phi) is 5.07. The number of hydrogen-bond acceptors (Lipinski definition) is 5. The number of fused-ring (bicyclic) bond motifs is 3. The Morgan fingerprint density at radius 2 is 1.97 bits per heavy atom. The van der Waals surface area contributed by atoms with Gasteiger partial charge in [-0.3, -0.25) is 4.79 Å². The van der Waals surface area contributed by atoms with Gasteiger partial charge in [-0.2, -0.15) is 5.10 Å². The summed E-state index contributed by atoms with van der Waals surface area (Å²) in [4.78, 5) is 20.6. The molecule has 6 heteroatoms. The molecule has 1 N–H and O–H groups in total. The van der Waals surface area contributed by atoms with Gasteiger partial charge in [-0.1, -0.05) is 39.0 Å². The molecule has 0 unspecified atom stereocenters. The Balaban J connectivity index is 1.92. The third kappa shape index (κ3) is 3.73. The average molecular weight is 409 g/mol. The van der Waals surface area contributed by atoms with Crippen LogP contribution in [0.2, 0.25) is 0 Å². The number of aryl methyl sites for hydroxylation is 1. The second kappa shape index (κ2) is 7.41. The molecular weight excluding hydrogens is 380 g/mol. The van der Waals surface area contributed by atoms with Crippen LogP contribution in [0.3, 0.4) is 0 Å². The Morgan fingerprint density at radius 3 is 2.62 bits per heavy atom. The number of nitrogens with one attached hydrogen (secondary N) is 1. The standard InChI is InChI=1S/C23H28N4OS/c1-14(2)25-26-22-24-20-19(21(28)27(22)16-9-7-6-8-10-16)17-12-11-15(23(3,4)5)13-18(17)29-20/h6-10,15H,11-13H2,1-5H3,(H,24,26)/t15-/m0/s1. The zero-order valence-corrected chi connectivity index (χ0v) is 18.6. The first-order valence-corrected chi connectivity index (χ1v) is 11.0. The van der Waals surface area contributed by atoms with Crippen molar-refractivity contribution < 1.29 is 0 Å². The summed E-state index contributed by atoms with van der Waals surface area (Å²) in [5.41, 5.74) is 6.13. The lowest BCUT2D eigenvalue weighted by Crippen LogP contribution is -2.27. The fourth-order valence-electron chi connectivity index (χ4n) is 4.02. The van der Waals surface area contributed by atoms with Crippen LogP contribution in [-0.2, 0) is 12.8 Å². The van der Waals surface area contributed by atoms with Gasteiger partial charge in [-0.25, -0.2) is 15.0 Å². The Bertz CT molecular complexity index is 1130. The molecule has 0 fully saturated rings. The van der Waals surface area contributed by atoms with Gasteiger partial charge in [0.25, 0.3) is 5.56 Å². The van der Waals surface area contributed by atoms with E-state index in [0.717, 1.165) is 40.9 Å². The van der Waals surface area contributed by atoms with Gasteiger partial charge in [0.05, 0.1) is 11.1 Å². The molecular formula is C23H28N4OS. The molecule has 3 aromatic rings. The first-order valence-electron chi connectivity index (χ1n) is 10.2. The van der Waals surface area contributed by atoms with E-state index in [1.54, 1.807) is 15.9 Å². The molecule has 1 aromatic carbocycles. The van der Waals surface area contributed by atoms with Crippen molar-refractivity contribution in [1.29, 1.82) is 0 Å². The first-order chi connectivity index (χ1) is 13.8. The fourth-order valence-corrected chi connectivity index (χ4v) is 5.31. The van der Waals surface area contributed by atoms with E-state index in [0.29, 0.717) is 11.9 Å². The minimum absolute atomic E-state index is 0.0145. The van der Waals surface area contributed by atoms with Gasteiger partial charge in [0.2, 0.25) is 5.95 Å². The molecule has 0 bridgehead atoms. The van der Waals surface area contributed by atoms with Crippen LogP contribution in [-0.4, -0.2) is 15.3 Å². The van der Waals surface area contributed by atoms with Crippen molar-refractivity contribution in [2.45, 2.75) is 53.9 Å². The minimum atomic E-state index is -0.0145. The maximum absolute atomic E-state index is 13.6. The Hall–Kier alpha value is -2.47. The van der Waals surface area contributed by atoms with Crippen molar-refractivity contribution in [3.63, 3.8) is 0 Å². The first kappa shape index (κ1) is 19.8. The Morgan fingerprint density at radius 1 is 1.24 bits per heavy atom. The lowest BCUT2D eigenvalue weighted by Gasteiger charge is -2.33. The van der Waals surface area contributed by atoms with E-state index < -0.39 is 0 Å². The maximum atomic E-state index is 13.6. The molecule has 2 aromatic heterocycles. The minimum Gasteiger partial charge on any atom is -0.268 e. The molecule has 2 heterocycles. The summed E-state index contributed by atoms with van der Waals surface area (Å²) >= 11 is 1.67. The van der Waals surface area contributed by atoms with E-state index in [-0.39, 0.29) is 11.0 Å². The highest BCUT2D eigenvalue weighted by molar-refractivity contribution is 7.18. The molecule has 0 amide bonds. The zero-order valence-electron chi connectivity index (χ0n) is 17.7. The highest BCUT2D eigenvalue weighted by Gasteiger charge is 2.32. The fraction of sp³-hybridized carbons (Fsp3) is 0.435. The third-order valence-electron chi connectivity index (χ3n) is 5.70. The highest BCUT2D eigenvalue weighted by Crippen LogP contribution is 2.42. The van der Waals surface area contributed by atoms with Gasteiger partial charge in [-0.05, 0) is 62.1 Å². The summed E-state index contributed by atoms with van der Waals surface area (Å²) in [6.45, 7) is 10.7. The van der Waals surface area contributed by atoms with Crippen LogP contribution in [0.4, 0.5) is 5.95 Å². The van der Waals surface area contributed by atoms with Crippen molar-refractivity contribution in [2.24, 2.45) is 16.4 Å². The number of rotatable bonds is 3. The molecule has 4 rings (SSSR count). The van der Waals surface area contributed by atoms with E-state index in [9.17, 15) is 4.79 Å². The largest absolute Gasteiger partial charge is 0.268 e. The molecule has 1 atom stereocenters. The second-order valence-electron chi connectivity index (χ2n) is 9.07. The van der Waals surface area contributed by atoms with Crippen LogP contribution in [0, 0.1) is 11.3 Å². The molecule has 0 spiro atoms. The van der Waals surface area contributed by atoms with Crippen molar-refractivity contribution in [3.05, 3.63) is 51.1 Å². The number of hydrazone groups is 1. The quantitative estimate of drug-likeness (QED) is 0.466. The zero-order chi connectivity index (χ0) is 20.8. The predicted octanol–water partition coefficient (Wildman–Crippen LogP) is 5.41. The summed E-state index contributed by atoms with van der Waals surface area (Å²) in [6.07, 6.45) is 3.09. The van der Waals surface area contributed by atoms with Crippen LogP contribution in [0.15, 0.2) is 40.2 Å². The lowest BCUT2D eigenvalue weighted by atomic mass is 9.72. The van der Waals surface area contributed by atoms with Crippen LogP contribution in [0.25, 0.3) is 15.9 Å². The molecule has 0 saturated heterocycles. The summed E-state index contributed by atoms with van der Waals surface area (Å²) in [7, 11) is 0. The van der Waals surface area contributed by atoms with Gasteiger partial charge < -0.3 is 0 Å². The number of thiophene rings is 1. The number of hydrogen-bond donors (Lipinski definition) is 1. The van der Waals surface area contributed by atoms with Gasteiger partial charge in [0.1, 0.15) is 4.83 Å². The molecule has 1 aliphatic rings. The molecule has 0 aliphatic heterocycles. The van der Waals surface area contributed by atoms with E-state index >= 15 is 0 Å². The van der Waals surface area contributed by atoms with Crippen molar-refractivity contribution in [2.75, 3.05) is 5.43 Å².